The lowest BCUT2D eigenvalue weighted by atomic mass is 10.1. The number of esters is 2. The first-order chi connectivity index (χ1) is 33.6. The zero-order chi connectivity index (χ0) is 49.2. The van der Waals surface area contributed by atoms with Crippen LogP contribution < -0.4 is 0 Å². The smallest absolute Gasteiger partial charge is 0.306 e. The van der Waals surface area contributed by atoms with Gasteiger partial charge in [-0.15, -0.1) is 0 Å². The Balaban J connectivity index is 4.45. The van der Waals surface area contributed by atoms with Crippen LogP contribution in [0.15, 0.2) is 134 Å². The van der Waals surface area contributed by atoms with Crippen LogP contribution in [0.5, 0.6) is 0 Å². The third kappa shape index (κ3) is 54.6. The normalized spacial score (nSPS) is 13.3. The van der Waals surface area contributed by atoms with E-state index in [1.54, 1.807) is 0 Å². The number of rotatable bonds is 49. The van der Waals surface area contributed by atoms with Gasteiger partial charge < -0.3 is 14.2 Å². The second-order valence-corrected chi connectivity index (χ2v) is 17.7. The van der Waals surface area contributed by atoms with Gasteiger partial charge in [-0.2, -0.15) is 0 Å². The fourth-order valence-electron chi connectivity index (χ4n) is 7.10. The van der Waals surface area contributed by atoms with Gasteiger partial charge in [-0.25, -0.2) is 0 Å². The summed E-state index contributed by atoms with van der Waals surface area (Å²) in [5.41, 5.74) is 0. The number of unbranched alkanes of at least 4 members (excludes halogenated alkanes) is 16. The lowest BCUT2D eigenvalue weighted by Gasteiger charge is -2.18. The van der Waals surface area contributed by atoms with E-state index in [9.17, 15) is 9.59 Å². The monoisotopic (exact) mass is 939 g/mol. The molecule has 68 heavy (non-hydrogen) atoms. The van der Waals surface area contributed by atoms with Crippen molar-refractivity contribution in [1.29, 1.82) is 0 Å². The molecule has 0 heterocycles. The number of ether oxygens (including phenoxy) is 3. The van der Waals surface area contributed by atoms with E-state index in [0.717, 1.165) is 135 Å². The highest BCUT2D eigenvalue weighted by atomic mass is 16.6. The van der Waals surface area contributed by atoms with Crippen LogP contribution in [-0.2, 0) is 23.8 Å². The molecular weight excluding hydrogens is 837 g/mol. The van der Waals surface area contributed by atoms with Gasteiger partial charge in [0.1, 0.15) is 6.61 Å². The number of hydrogen-bond acceptors (Lipinski definition) is 5. The van der Waals surface area contributed by atoms with Crippen molar-refractivity contribution in [3.63, 3.8) is 0 Å². The molecule has 1 unspecified atom stereocenters. The molecule has 0 aliphatic carbocycles. The third-order valence-electron chi connectivity index (χ3n) is 11.2. The maximum atomic E-state index is 12.8. The SMILES string of the molecule is CC/C=C\C/C=C\C/C=C\C/C=C\C/C=C\C/C=C\CCCOCC(COC(=O)CCCCCCCCC/C=C\C/C=C\CCCCC)OC(=O)CCCCCCC/C=C\C/C=C\C/C=C\CC. The number of allylic oxidation sites excluding steroid dienone is 22. The summed E-state index contributed by atoms with van der Waals surface area (Å²) >= 11 is 0. The zero-order valence-corrected chi connectivity index (χ0v) is 44.1. The molecule has 0 rings (SSSR count). The van der Waals surface area contributed by atoms with Gasteiger partial charge in [0.05, 0.1) is 6.61 Å². The Bertz CT molecular complexity index is 1430. The summed E-state index contributed by atoms with van der Waals surface area (Å²) < 4.78 is 17.4. The molecule has 0 aromatic heterocycles. The van der Waals surface area contributed by atoms with Crippen LogP contribution in [0.4, 0.5) is 0 Å². The van der Waals surface area contributed by atoms with Crippen LogP contribution in [0, 0.1) is 0 Å². The predicted octanol–water partition coefficient (Wildman–Crippen LogP) is 19.1. The van der Waals surface area contributed by atoms with Gasteiger partial charge in [0, 0.05) is 19.4 Å². The molecular formula is C63H102O5. The van der Waals surface area contributed by atoms with Crippen molar-refractivity contribution in [3.8, 4) is 0 Å². The van der Waals surface area contributed by atoms with Crippen molar-refractivity contribution in [2.24, 2.45) is 0 Å². The first-order valence-corrected chi connectivity index (χ1v) is 27.7. The van der Waals surface area contributed by atoms with E-state index in [1.807, 2.05) is 0 Å². The predicted molar refractivity (Wildman–Crippen MR) is 297 cm³/mol. The van der Waals surface area contributed by atoms with Crippen LogP contribution in [0.25, 0.3) is 0 Å². The van der Waals surface area contributed by atoms with Crippen molar-refractivity contribution < 1.29 is 23.8 Å². The molecule has 0 aliphatic heterocycles. The zero-order valence-electron chi connectivity index (χ0n) is 44.1. The summed E-state index contributed by atoms with van der Waals surface area (Å²) in [7, 11) is 0. The van der Waals surface area contributed by atoms with E-state index in [-0.39, 0.29) is 25.2 Å². The van der Waals surface area contributed by atoms with Crippen molar-refractivity contribution in [3.05, 3.63) is 134 Å². The standard InChI is InChI=1S/C63H102O5/c1-4-7-10-13-16-19-22-25-28-30-31-32-34-37-40-43-46-49-52-55-58-66-59-61(68-63(65)57-54-51-48-45-42-39-35-27-24-21-18-15-12-9-6-3)60-67-62(64)56-53-50-47-44-41-38-36-33-29-26-23-20-17-14-11-8-5-2/h7,9-10,12,16-21,25-29,31-32,35,37,40,46,49,61H,4-6,8,11,13-15,22-24,30,33-34,36,38-39,41-45,47-48,50-60H2,1-3H3/b10-7-,12-9-,19-16-,20-17-,21-18-,28-25-,29-26-,32-31-,35-27-,40-37-,49-46-. The fourth-order valence-corrected chi connectivity index (χ4v) is 7.10. The Hall–Kier alpha value is -3.96. The van der Waals surface area contributed by atoms with Gasteiger partial charge in [-0.3, -0.25) is 9.59 Å². The summed E-state index contributed by atoms with van der Waals surface area (Å²) in [5.74, 6) is -0.465. The molecule has 0 bridgehead atoms. The fraction of sp³-hybridized carbons (Fsp3) is 0.619. The van der Waals surface area contributed by atoms with E-state index >= 15 is 0 Å². The highest BCUT2D eigenvalue weighted by molar-refractivity contribution is 5.70. The minimum absolute atomic E-state index is 0.0423. The molecule has 0 aliphatic rings. The molecule has 0 saturated heterocycles. The molecule has 0 aromatic rings. The molecule has 0 saturated carbocycles. The summed E-state index contributed by atoms with van der Waals surface area (Å²) in [5, 5.41) is 0. The molecule has 0 N–H and O–H groups in total. The van der Waals surface area contributed by atoms with Crippen LogP contribution in [-0.4, -0.2) is 37.9 Å². The minimum Gasteiger partial charge on any atom is -0.462 e. The molecule has 5 heteroatoms. The van der Waals surface area contributed by atoms with Gasteiger partial charge in [0.25, 0.3) is 0 Å². The second-order valence-electron chi connectivity index (χ2n) is 17.7. The minimum atomic E-state index is -0.589. The van der Waals surface area contributed by atoms with Crippen molar-refractivity contribution in [2.45, 2.75) is 232 Å². The van der Waals surface area contributed by atoms with Crippen molar-refractivity contribution in [1.82, 2.24) is 0 Å². The van der Waals surface area contributed by atoms with E-state index in [0.29, 0.717) is 19.4 Å². The van der Waals surface area contributed by atoms with Gasteiger partial charge in [-0.05, 0) is 128 Å². The first-order valence-electron chi connectivity index (χ1n) is 27.7. The van der Waals surface area contributed by atoms with Crippen LogP contribution in [0.3, 0.4) is 0 Å². The van der Waals surface area contributed by atoms with Crippen molar-refractivity contribution >= 4 is 11.9 Å². The van der Waals surface area contributed by atoms with Gasteiger partial charge in [-0.1, -0.05) is 219 Å². The lowest BCUT2D eigenvalue weighted by Crippen LogP contribution is -2.30. The number of carbonyl (C=O) groups excluding carboxylic acids is 2. The molecule has 0 fully saturated rings. The Morgan fingerprint density at radius 3 is 1.06 bits per heavy atom. The number of hydrogen-bond donors (Lipinski definition) is 0. The molecule has 384 valence electrons. The summed E-state index contributed by atoms with van der Waals surface area (Å²) in [4.78, 5) is 25.5. The van der Waals surface area contributed by atoms with Gasteiger partial charge in [0.2, 0.25) is 0 Å². The largest absolute Gasteiger partial charge is 0.462 e. The Morgan fingerprint density at radius 2 is 0.662 bits per heavy atom. The van der Waals surface area contributed by atoms with Crippen molar-refractivity contribution in [2.75, 3.05) is 19.8 Å². The lowest BCUT2D eigenvalue weighted by molar-refractivity contribution is -0.163. The Morgan fingerprint density at radius 1 is 0.338 bits per heavy atom. The second kappa shape index (κ2) is 57.4. The summed E-state index contributed by atoms with van der Waals surface area (Å²) in [6, 6.07) is 0. The Kier molecular flexibility index (Phi) is 54.0. The van der Waals surface area contributed by atoms with Crippen LogP contribution >= 0.6 is 0 Å². The first kappa shape index (κ1) is 64.0. The molecule has 0 spiro atoms. The molecule has 0 radical (unpaired) electrons. The van der Waals surface area contributed by atoms with E-state index in [2.05, 4.69) is 154 Å². The Labute approximate surface area is 419 Å². The highest BCUT2D eigenvalue weighted by Crippen LogP contribution is 2.13. The van der Waals surface area contributed by atoms with Gasteiger partial charge in [0.15, 0.2) is 6.10 Å². The van der Waals surface area contributed by atoms with E-state index < -0.39 is 6.10 Å². The topological polar surface area (TPSA) is 61.8 Å². The summed E-state index contributed by atoms with van der Waals surface area (Å²) in [6.07, 6.45) is 81.9. The maximum Gasteiger partial charge on any atom is 0.306 e. The average molecular weight is 940 g/mol. The highest BCUT2D eigenvalue weighted by Gasteiger charge is 2.17. The molecule has 0 aromatic carbocycles. The molecule has 1 atom stereocenters. The molecule has 0 amide bonds. The van der Waals surface area contributed by atoms with Gasteiger partial charge >= 0.3 is 11.9 Å². The summed E-state index contributed by atoms with van der Waals surface area (Å²) in [6.45, 7) is 7.40. The van der Waals surface area contributed by atoms with E-state index in [4.69, 9.17) is 14.2 Å². The maximum absolute atomic E-state index is 12.8. The molecule has 5 nitrogen and oxygen atoms in total. The third-order valence-corrected chi connectivity index (χ3v) is 11.2. The number of carbonyl (C=O) groups is 2. The average Bonchev–Trinajstić information content (AvgIpc) is 3.34. The van der Waals surface area contributed by atoms with E-state index in [1.165, 1.54) is 57.8 Å². The van der Waals surface area contributed by atoms with Crippen LogP contribution in [0.2, 0.25) is 0 Å². The van der Waals surface area contributed by atoms with Crippen LogP contribution in [0.1, 0.15) is 226 Å². The quantitative estimate of drug-likeness (QED) is 0.0345.